The van der Waals surface area contributed by atoms with Crippen LogP contribution in [0.15, 0.2) is 18.2 Å². The highest BCUT2D eigenvalue weighted by Crippen LogP contribution is 2.32. The minimum atomic E-state index is 0.337. The van der Waals surface area contributed by atoms with Crippen LogP contribution in [0.5, 0.6) is 11.5 Å². The summed E-state index contributed by atoms with van der Waals surface area (Å²) in [6.45, 7) is 1.19. The van der Waals surface area contributed by atoms with Gasteiger partial charge in [0, 0.05) is 6.54 Å². The molecule has 0 saturated heterocycles. The number of ether oxygens (including phenoxy) is 2. The van der Waals surface area contributed by atoms with Crippen LogP contribution < -0.4 is 15.0 Å². The van der Waals surface area contributed by atoms with Crippen LogP contribution in [0.3, 0.4) is 0 Å². The fraction of sp³-hybridized carbons (Fsp3) is 0.455. The summed E-state index contributed by atoms with van der Waals surface area (Å²) in [4.78, 5) is 4.76. The molecule has 1 aromatic rings. The number of aryl methyl sites for hydroxylation is 1. The number of fused-ring (bicyclic) bond motifs is 1. The van der Waals surface area contributed by atoms with Crippen LogP contribution in [0.4, 0.5) is 0 Å². The van der Waals surface area contributed by atoms with E-state index >= 15 is 0 Å². The molecule has 82 valence electrons. The van der Waals surface area contributed by atoms with E-state index in [1.54, 1.807) is 7.11 Å². The van der Waals surface area contributed by atoms with Gasteiger partial charge >= 0.3 is 0 Å². The van der Waals surface area contributed by atoms with Crippen molar-refractivity contribution in [2.24, 2.45) is 0 Å². The summed E-state index contributed by atoms with van der Waals surface area (Å²) in [6, 6.07) is 6.07. The van der Waals surface area contributed by atoms with Gasteiger partial charge in [-0.1, -0.05) is 6.07 Å². The van der Waals surface area contributed by atoms with Gasteiger partial charge in [0.15, 0.2) is 11.5 Å². The van der Waals surface area contributed by atoms with Crippen molar-refractivity contribution < 1.29 is 14.3 Å². The van der Waals surface area contributed by atoms with Crippen molar-refractivity contribution >= 4 is 0 Å². The Morgan fingerprint density at radius 1 is 1.33 bits per heavy atom. The molecule has 0 atom stereocenters. The monoisotopic (exact) mass is 209 g/mol. The van der Waals surface area contributed by atoms with Gasteiger partial charge in [0.25, 0.3) is 0 Å². The molecular weight excluding hydrogens is 194 g/mol. The second-order valence-electron chi connectivity index (χ2n) is 3.39. The summed E-state index contributed by atoms with van der Waals surface area (Å²) in [5.41, 5.74) is 4.08. The average Bonchev–Trinajstić information content (AvgIpc) is 2.71. The molecule has 4 nitrogen and oxygen atoms in total. The SMILES string of the molecule is CONCCCc1ccc2c(c1)OCO2. The standard InChI is InChI=1S/C11H15NO3/c1-13-12-6-2-3-9-4-5-10-11(7-9)15-8-14-10/h4-5,7,12H,2-3,6,8H2,1H3. The highest BCUT2D eigenvalue weighted by molar-refractivity contribution is 5.44. The summed E-state index contributed by atoms with van der Waals surface area (Å²) >= 11 is 0. The predicted molar refractivity (Wildman–Crippen MR) is 55.9 cm³/mol. The molecule has 1 heterocycles. The van der Waals surface area contributed by atoms with Crippen LogP contribution in [0.1, 0.15) is 12.0 Å². The lowest BCUT2D eigenvalue weighted by atomic mass is 10.1. The molecule has 0 unspecified atom stereocenters. The van der Waals surface area contributed by atoms with E-state index < -0.39 is 0 Å². The van der Waals surface area contributed by atoms with Crippen LogP contribution in [-0.2, 0) is 11.3 Å². The molecule has 0 amide bonds. The molecular formula is C11H15NO3. The van der Waals surface area contributed by atoms with Gasteiger partial charge in [-0.2, -0.15) is 0 Å². The Kier molecular flexibility index (Phi) is 3.42. The van der Waals surface area contributed by atoms with Crippen molar-refractivity contribution in [1.82, 2.24) is 5.48 Å². The smallest absolute Gasteiger partial charge is 0.231 e. The number of hydrogen-bond acceptors (Lipinski definition) is 4. The van der Waals surface area contributed by atoms with E-state index in [1.165, 1.54) is 5.56 Å². The Bertz CT molecular complexity index is 328. The summed E-state index contributed by atoms with van der Waals surface area (Å²) in [7, 11) is 1.63. The van der Waals surface area contributed by atoms with Gasteiger partial charge in [0.05, 0.1) is 7.11 Å². The molecule has 1 aliphatic rings. The first kappa shape index (κ1) is 10.3. The molecule has 0 aromatic heterocycles. The second kappa shape index (κ2) is 5.00. The van der Waals surface area contributed by atoms with Crippen molar-refractivity contribution in [3.63, 3.8) is 0 Å². The van der Waals surface area contributed by atoms with Gasteiger partial charge in [-0.3, -0.25) is 0 Å². The molecule has 0 fully saturated rings. The average molecular weight is 209 g/mol. The lowest BCUT2D eigenvalue weighted by Crippen LogP contribution is -2.13. The van der Waals surface area contributed by atoms with Crippen LogP contribution in [0.2, 0.25) is 0 Å². The van der Waals surface area contributed by atoms with Gasteiger partial charge in [0.1, 0.15) is 0 Å². The molecule has 1 N–H and O–H groups in total. The molecule has 15 heavy (non-hydrogen) atoms. The Labute approximate surface area is 89.1 Å². The highest BCUT2D eigenvalue weighted by atomic mass is 16.7. The minimum Gasteiger partial charge on any atom is -0.454 e. The van der Waals surface area contributed by atoms with Gasteiger partial charge in [0.2, 0.25) is 6.79 Å². The molecule has 0 aliphatic carbocycles. The first-order valence-electron chi connectivity index (χ1n) is 5.04. The van der Waals surface area contributed by atoms with Crippen molar-refractivity contribution in [1.29, 1.82) is 0 Å². The molecule has 4 heteroatoms. The first-order chi connectivity index (χ1) is 7.40. The maximum atomic E-state index is 5.30. The van der Waals surface area contributed by atoms with E-state index in [0.717, 1.165) is 30.9 Å². The lowest BCUT2D eigenvalue weighted by Gasteiger charge is -2.03. The number of hydroxylamine groups is 1. The second-order valence-corrected chi connectivity index (χ2v) is 3.39. The zero-order valence-electron chi connectivity index (χ0n) is 8.79. The van der Waals surface area contributed by atoms with Crippen molar-refractivity contribution in [3.8, 4) is 11.5 Å². The fourth-order valence-electron chi connectivity index (χ4n) is 1.56. The Balaban J connectivity index is 1.87. The molecule has 0 radical (unpaired) electrons. The maximum absolute atomic E-state index is 5.30. The van der Waals surface area contributed by atoms with Crippen molar-refractivity contribution in [2.75, 3.05) is 20.4 Å². The number of rotatable bonds is 5. The summed E-state index contributed by atoms with van der Waals surface area (Å²) < 4.78 is 10.5. The number of nitrogens with one attached hydrogen (secondary N) is 1. The minimum absolute atomic E-state index is 0.337. The van der Waals surface area contributed by atoms with Crippen LogP contribution in [0.25, 0.3) is 0 Å². The lowest BCUT2D eigenvalue weighted by molar-refractivity contribution is 0.0911. The molecule has 1 aliphatic heterocycles. The Morgan fingerprint density at radius 3 is 3.07 bits per heavy atom. The molecule has 1 aromatic carbocycles. The summed E-state index contributed by atoms with van der Waals surface area (Å²) in [6.07, 6.45) is 2.04. The fourth-order valence-corrected chi connectivity index (χ4v) is 1.56. The van der Waals surface area contributed by atoms with E-state index in [0.29, 0.717) is 6.79 Å². The van der Waals surface area contributed by atoms with Gasteiger partial charge in [-0.25, -0.2) is 5.48 Å². The molecule has 2 rings (SSSR count). The molecule has 0 bridgehead atoms. The van der Waals surface area contributed by atoms with E-state index in [-0.39, 0.29) is 0 Å². The Hall–Kier alpha value is -1.26. The zero-order chi connectivity index (χ0) is 10.5. The predicted octanol–water partition coefficient (Wildman–Crippen LogP) is 1.50. The van der Waals surface area contributed by atoms with Crippen LogP contribution >= 0.6 is 0 Å². The van der Waals surface area contributed by atoms with E-state index in [9.17, 15) is 0 Å². The zero-order valence-corrected chi connectivity index (χ0v) is 8.79. The Morgan fingerprint density at radius 2 is 2.20 bits per heavy atom. The number of hydrogen-bond donors (Lipinski definition) is 1. The van der Waals surface area contributed by atoms with Gasteiger partial charge in [-0.15, -0.1) is 0 Å². The summed E-state index contributed by atoms with van der Waals surface area (Å²) in [5, 5.41) is 0. The normalized spacial score (nSPS) is 13.1. The number of benzene rings is 1. The van der Waals surface area contributed by atoms with Crippen molar-refractivity contribution in [3.05, 3.63) is 23.8 Å². The third kappa shape index (κ3) is 2.61. The van der Waals surface area contributed by atoms with Crippen LogP contribution in [-0.4, -0.2) is 20.4 Å². The van der Waals surface area contributed by atoms with Crippen LogP contribution in [0, 0.1) is 0 Å². The largest absolute Gasteiger partial charge is 0.454 e. The maximum Gasteiger partial charge on any atom is 0.231 e. The van der Waals surface area contributed by atoms with Gasteiger partial charge < -0.3 is 14.3 Å². The van der Waals surface area contributed by atoms with Gasteiger partial charge in [-0.05, 0) is 30.5 Å². The van der Waals surface area contributed by atoms with Crippen molar-refractivity contribution in [2.45, 2.75) is 12.8 Å². The highest BCUT2D eigenvalue weighted by Gasteiger charge is 2.12. The first-order valence-corrected chi connectivity index (χ1v) is 5.04. The summed E-state index contributed by atoms with van der Waals surface area (Å²) in [5.74, 6) is 1.70. The van der Waals surface area contributed by atoms with E-state index in [2.05, 4.69) is 11.5 Å². The van der Waals surface area contributed by atoms with E-state index in [4.69, 9.17) is 14.3 Å². The molecule has 0 spiro atoms. The third-order valence-electron chi connectivity index (χ3n) is 2.33. The quantitative estimate of drug-likeness (QED) is 0.589. The third-order valence-corrected chi connectivity index (χ3v) is 2.33. The topological polar surface area (TPSA) is 39.7 Å². The van der Waals surface area contributed by atoms with E-state index in [1.807, 2.05) is 12.1 Å². The molecule has 0 saturated carbocycles.